The molecule has 1 unspecified atom stereocenters. The Morgan fingerprint density at radius 2 is 1.46 bits per heavy atom. The Labute approximate surface area is 227 Å². The van der Waals surface area contributed by atoms with Crippen molar-refractivity contribution >= 4 is 56.2 Å². The molecule has 4 aromatic rings. The van der Waals surface area contributed by atoms with Gasteiger partial charge in [0.05, 0.1) is 11.3 Å². The number of amides is 1. The smallest absolute Gasteiger partial charge is 0.341 e. The summed E-state index contributed by atoms with van der Waals surface area (Å²) in [5.74, 6) is -2.22. The summed E-state index contributed by atoms with van der Waals surface area (Å²) in [5.41, 5.74) is 1.17. The van der Waals surface area contributed by atoms with E-state index in [9.17, 15) is 27.6 Å². The van der Waals surface area contributed by atoms with Gasteiger partial charge in [0.25, 0.3) is 15.9 Å². The lowest BCUT2D eigenvalue weighted by atomic mass is 9.84. The van der Waals surface area contributed by atoms with E-state index in [0.717, 1.165) is 11.3 Å². The van der Waals surface area contributed by atoms with Gasteiger partial charge in [-0.2, -0.15) is 0 Å². The number of fused-ring (bicyclic) bond motifs is 2. The molecule has 0 spiro atoms. The van der Waals surface area contributed by atoms with Crippen LogP contribution >= 0.6 is 11.3 Å². The third-order valence-corrected chi connectivity index (χ3v) is 8.76. The standard InChI is InChI=1S/C28H20N2O7S2/c1-16(37-28(34)21-9-4-5-10-23(21)30-39(35,36)24-11-6-14-38-24)27(33)29-17-12-13-20-22(15-17)26(32)19-8-3-2-7-18(19)25(20)31/h2-16,30H,1H3,(H,29,33). The zero-order valence-electron chi connectivity index (χ0n) is 20.3. The minimum absolute atomic E-state index is 0.00153. The number of carbonyl (C=O) groups excluding carboxylic acids is 4. The van der Waals surface area contributed by atoms with Gasteiger partial charge in [-0.3, -0.25) is 19.1 Å². The van der Waals surface area contributed by atoms with Gasteiger partial charge < -0.3 is 10.1 Å². The highest BCUT2D eigenvalue weighted by atomic mass is 32.2. The highest BCUT2D eigenvalue weighted by Gasteiger charge is 2.30. The number of ketones is 2. The normalized spacial score (nSPS) is 13.2. The molecule has 1 aromatic heterocycles. The van der Waals surface area contributed by atoms with E-state index in [1.54, 1.807) is 41.8 Å². The maximum Gasteiger partial charge on any atom is 0.341 e. The molecule has 1 heterocycles. The molecule has 5 rings (SSSR count). The van der Waals surface area contributed by atoms with Crippen LogP contribution in [-0.2, 0) is 19.6 Å². The molecular weight excluding hydrogens is 540 g/mol. The summed E-state index contributed by atoms with van der Waals surface area (Å²) in [6.45, 7) is 1.36. The summed E-state index contributed by atoms with van der Waals surface area (Å²) in [5, 5.41) is 4.20. The molecule has 9 nitrogen and oxygen atoms in total. The molecule has 0 aliphatic heterocycles. The predicted molar refractivity (Wildman–Crippen MR) is 145 cm³/mol. The van der Waals surface area contributed by atoms with Crippen molar-refractivity contribution in [1.82, 2.24) is 0 Å². The van der Waals surface area contributed by atoms with Crippen molar-refractivity contribution in [2.75, 3.05) is 10.0 Å². The minimum atomic E-state index is -3.92. The number of carbonyl (C=O) groups is 4. The van der Waals surface area contributed by atoms with Crippen molar-refractivity contribution < 1.29 is 32.3 Å². The van der Waals surface area contributed by atoms with Crippen LogP contribution in [0.25, 0.3) is 0 Å². The number of hydrogen-bond donors (Lipinski definition) is 2. The van der Waals surface area contributed by atoms with Crippen LogP contribution in [0.4, 0.5) is 11.4 Å². The lowest BCUT2D eigenvalue weighted by Gasteiger charge is -2.19. The van der Waals surface area contributed by atoms with Gasteiger partial charge in [0.15, 0.2) is 17.7 Å². The fourth-order valence-electron chi connectivity index (χ4n) is 4.06. The zero-order chi connectivity index (χ0) is 27.7. The summed E-state index contributed by atoms with van der Waals surface area (Å²) in [6.07, 6.45) is -1.27. The van der Waals surface area contributed by atoms with Crippen LogP contribution in [0.1, 0.15) is 49.1 Å². The van der Waals surface area contributed by atoms with Gasteiger partial charge in [-0.1, -0.05) is 42.5 Å². The van der Waals surface area contributed by atoms with E-state index in [2.05, 4.69) is 10.0 Å². The summed E-state index contributed by atoms with van der Waals surface area (Å²) in [6, 6.07) is 19.8. The largest absolute Gasteiger partial charge is 0.449 e. The van der Waals surface area contributed by atoms with E-state index in [4.69, 9.17) is 4.74 Å². The molecule has 3 aromatic carbocycles. The Bertz CT molecular complexity index is 1750. The molecule has 11 heteroatoms. The van der Waals surface area contributed by atoms with Gasteiger partial charge >= 0.3 is 5.97 Å². The van der Waals surface area contributed by atoms with E-state index in [1.165, 1.54) is 49.4 Å². The number of hydrogen-bond acceptors (Lipinski definition) is 8. The van der Waals surface area contributed by atoms with Gasteiger partial charge in [-0.05, 0) is 48.7 Å². The second-order valence-corrected chi connectivity index (χ2v) is 11.4. The second kappa shape index (κ2) is 10.3. The van der Waals surface area contributed by atoms with Crippen LogP contribution in [0.15, 0.2) is 88.5 Å². The molecule has 1 aliphatic carbocycles. The van der Waals surface area contributed by atoms with Crippen LogP contribution in [0.5, 0.6) is 0 Å². The Morgan fingerprint density at radius 3 is 2.15 bits per heavy atom. The van der Waals surface area contributed by atoms with Gasteiger partial charge in [-0.15, -0.1) is 11.3 Å². The third-order valence-electron chi connectivity index (χ3n) is 6.00. The van der Waals surface area contributed by atoms with Crippen LogP contribution in [0.2, 0.25) is 0 Å². The molecule has 0 bridgehead atoms. The van der Waals surface area contributed by atoms with Crippen molar-refractivity contribution in [3.8, 4) is 0 Å². The van der Waals surface area contributed by atoms with E-state index < -0.39 is 28.0 Å². The summed E-state index contributed by atoms with van der Waals surface area (Å²) in [7, 11) is -3.92. The van der Waals surface area contributed by atoms with Gasteiger partial charge in [0.2, 0.25) is 0 Å². The van der Waals surface area contributed by atoms with Crippen LogP contribution in [0.3, 0.4) is 0 Å². The molecule has 0 fully saturated rings. The maximum atomic E-state index is 13.0. The van der Waals surface area contributed by atoms with Crippen molar-refractivity contribution in [1.29, 1.82) is 0 Å². The monoisotopic (exact) mass is 560 g/mol. The van der Waals surface area contributed by atoms with Gasteiger partial charge in [-0.25, -0.2) is 13.2 Å². The van der Waals surface area contributed by atoms with E-state index >= 15 is 0 Å². The highest BCUT2D eigenvalue weighted by molar-refractivity contribution is 7.94. The lowest BCUT2D eigenvalue weighted by molar-refractivity contribution is -0.123. The Balaban J connectivity index is 1.29. The molecule has 1 amide bonds. The Morgan fingerprint density at radius 1 is 0.821 bits per heavy atom. The quantitative estimate of drug-likeness (QED) is 0.280. The molecule has 1 atom stereocenters. The maximum absolute atomic E-state index is 13.0. The first-order valence-electron chi connectivity index (χ1n) is 11.7. The molecule has 196 valence electrons. The summed E-state index contributed by atoms with van der Waals surface area (Å²) in [4.78, 5) is 51.4. The minimum Gasteiger partial charge on any atom is -0.449 e. The number of rotatable bonds is 7. The summed E-state index contributed by atoms with van der Waals surface area (Å²) >= 11 is 1.02. The van der Waals surface area contributed by atoms with Crippen LogP contribution in [-0.4, -0.2) is 38.0 Å². The van der Waals surface area contributed by atoms with Gasteiger partial charge in [0.1, 0.15) is 4.21 Å². The number of thiophene rings is 1. The van der Waals surface area contributed by atoms with Crippen molar-refractivity contribution in [2.24, 2.45) is 0 Å². The Kier molecular flexibility index (Phi) is 6.85. The molecule has 1 aliphatic rings. The Hall–Kier alpha value is -4.61. The van der Waals surface area contributed by atoms with Crippen molar-refractivity contribution in [3.05, 3.63) is 112 Å². The first-order chi connectivity index (χ1) is 18.7. The van der Waals surface area contributed by atoms with Crippen molar-refractivity contribution in [3.63, 3.8) is 0 Å². The van der Waals surface area contributed by atoms with E-state index in [-0.39, 0.29) is 49.4 Å². The second-order valence-electron chi connectivity index (χ2n) is 8.58. The predicted octanol–water partition coefficient (Wildman–Crippen LogP) is 4.51. The number of benzene rings is 3. The fraction of sp³-hybridized carbons (Fsp3) is 0.0714. The number of nitrogens with one attached hydrogen (secondary N) is 2. The molecule has 0 saturated carbocycles. The average Bonchev–Trinajstić information content (AvgIpc) is 3.48. The average molecular weight is 561 g/mol. The highest BCUT2D eigenvalue weighted by Crippen LogP contribution is 2.29. The topological polar surface area (TPSA) is 136 Å². The van der Waals surface area contributed by atoms with E-state index in [0.29, 0.717) is 5.56 Å². The number of anilines is 2. The molecule has 0 radical (unpaired) electrons. The molecular formula is C28H20N2O7S2. The lowest BCUT2D eigenvalue weighted by Crippen LogP contribution is -2.30. The third kappa shape index (κ3) is 5.09. The molecule has 39 heavy (non-hydrogen) atoms. The van der Waals surface area contributed by atoms with Gasteiger partial charge in [0, 0.05) is 27.9 Å². The van der Waals surface area contributed by atoms with Crippen LogP contribution < -0.4 is 10.0 Å². The van der Waals surface area contributed by atoms with Crippen molar-refractivity contribution in [2.45, 2.75) is 17.2 Å². The van der Waals surface area contributed by atoms with Crippen LogP contribution in [0, 0.1) is 0 Å². The number of para-hydroxylation sites is 1. The SMILES string of the molecule is CC(OC(=O)c1ccccc1NS(=O)(=O)c1cccs1)C(=O)Nc1ccc2c(c1)C(=O)c1ccccc1C2=O. The molecule has 2 N–H and O–H groups in total. The first kappa shape index (κ1) is 26.0. The fourth-order valence-corrected chi connectivity index (χ4v) is 6.13. The number of esters is 1. The summed E-state index contributed by atoms with van der Waals surface area (Å²) < 4.78 is 33.0. The molecule has 0 saturated heterocycles. The first-order valence-corrected chi connectivity index (χ1v) is 14.0. The number of ether oxygens (including phenoxy) is 1. The number of sulfonamides is 1. The van der Waals surface area contributed by atoms with E-state index in [1.807, 2.05) is 0 Å². The zero-order valence-corrected chi connectivity index (χ0v) is 22.0.